The zero-order valence-electron chi connectivity index (χ0n) is 52.4. The second kappa shape index (κ2) is 67.1. The van der Waals surface area contributed by atoms with Gasteiger partial charge in [0.2, 0.25) is 0 Å². The van der Waals surface area contributed by atoms with Crippen molar-refractivity contribution in [3.8, 4) is 0 Å². The Kier molecular flexibility index (Phi) is 64.2. The van der Waals surface area contributed by atoms with E-state index < -0.39 is 6.10 Å². The van der Waals surface area contributed by atoms with E-state index in [1.54, 1.807) is 0 Å². The second-order valence-electron chi connectivity index (χ2n) is 22.7. The highest BCUT2D eigenvalue weighted by Crippen LogP contribution is 2.17. The first-order chi connectivity index (χ1) is 39.0. The van der Waals surface area contributed by atoms with E-state index in [1.165, 1.54) is 193 Å². The van der Waals surface area contributed by atoms with Gasteiger partial charge < -0.3 is 14.2 Å². The number of ether oxygens (including phenoxy) is 3. The summed E-state index contributed by atoms with van der Waals surface area (Å²) in [5.41, 5.74) is 0. The second-order valence-corrected chi connectivity index (χ2v) is 22.7. The Bertz CT molecular complexity index is 1500. The van der Waals surface area contributed by atoms with Gasteiger partial charge in [-0.3, -0.25) is 14.4 Å². The maximum absolute atomic E-state index is 13.0. The molecule has 0 aromatic rings. The SMILES string of the molecule is CC/C=C\C/C=C\C/C=C\C/C=C\C/C=C\CCCCCCCCCC(=O)OCC(COC(=O)CCCCCCCCC/C=C\C/C=C\CCCCCC)OC(=O)CCCCCCCCCCCCCCCCCCCCCC. The predicted molar refractivity (Wildman–Crippen MR) is 344 cm³/mol. The number of allylic oxidation sites excluding steroid dienone is 14. The smallest absolute Gasteiger partial charge is 0.306 e. The molecule has 0 heterocycles. The van der Waals surface area contributed by atoms with Gasteiger partial charge >= 0.3 is 17.9 Å². The largest absolute Gasteiger partial charge is 0.462 e. The lowest BCUT2D eigenvalue weighted by atomic mass is 10.0. The Balaban J connectivity index is 4.39. The fourth-order valence-electron chi connectivity index (χ4n) is 9.80. The summed E-state index contributed by atoms with van der Waals surface area (Å²) in [5.74, 6) is -0.881. The molecule has 0 aromatic heterocycles. The van der Waals surface area contributed by atoms with Gasteiger partial charge in [0.1, 0.15) is 13.2 Å². The van der Waals surface area contributed by atoms with E-state index in [1.807, 2.05) is 0 Å². The Morgan fingerprint density at radius 3 is 0.785 bits per heavy atom. The van der Waals surface area contributed by atoms with Crippen LogP contribution in [0.4, 0.5) is 0 Å². The molecule has 0 saturated heterocycles. The summed E-state index contributed by atoms with van der Waals surface area (Å²) in [7, 11) is 0. The monoisotopic (exact) mass is 1100 g/mol. The number of rotatable bonds is 62. The molecule has 0 N–H and O–H groups in total. The van der Waals surface area contributed by atoms with Gasteiger partial charge in [-0.25, -0.2) is 0 Å². The van der Waals surface area contributed by atoms with Gasteiger partial charge in [0.15, 0.2) is 6.10 Å². The molecule has 456 valence electrons. The maximum Gasteiger partial charge on any atom is 0.306 e. The number of unbranched alkanes of at least 4 members (excludes halogenated alkanes) is 37. The lowest BCUT2D eigenvalue weighted by Crippen LogP contribution is -2.30. The van der Waals surface area contributed by atoms with Gasteiger partial charge in [0.25, 0.3) is 0 Å². The van der Waals surface area contributed by atoms with Gasteiger partial charge in [-0.15, -0.1) is 0 Å². The Labute approximate surface area is 490 Å². The summed E-state index contributed by atoms with van der Waals surface area (Å²) in [4.78, 5) is 38.4. The molecule has 0 rings (SSSR count). The summed E-state index contributed by atoms with van der Waals surface area (Å²) in [5, 5.41) is 0. The molecule has 6 nitrogen and oxygen atoms in total. The molecule has 6 heteroatoms. The lowest BCUT2D eigenvalue weighted by Gasteiger charge is -2.18. The summed E-state index contributed by atoms with van der Waals surface area (Å²) in [6, 6.07) is 0. The first-order valence-corrected chi connectivity index (χ1v) is 34.1. The molecule has 0 aliphatic carbocycles. The van der Waals surface area contributed by atoms with Gasteiger partial charge in [0.05, 0.1) is 0 Å². The third-order valence-electron chi connectivity index (χ3n) is 14.9. The van der Waals surface area contributed by atoms with E-state index in [-0.39, 0.29) is 31.1 Å². The average Bonchev–Trinajstić information content (AvgIpc) is 3.45. The highest BCUT2D eigenvalue weighted by molar-refractivity contribution is 5.71. The lowest BCUT2D eigenvalue weighted by molar-refractivity contribution is -0.167. The van der Waals surface area contributed by atoms with Crippen LogP contribution in [0.2, 0.25) is 0 Å². The molecular weight excluding hydrogens is 973 g/mol. The topological polar surface area (TPSA) is 78.9 Å². The minimum absolute atomic E-state index is 0.0814. The van der Waals surface area contributed by atoms with Gasteiger partial charge in [0, 0.05) is 19.3 Å². The van der Waals surface area contributed by atoms with Crippen LogP contribution in [0.25, 0.3) is 0 Å². The molecule has 0 spiro atoms. The van der Waals surface area contributed by atoms with Gasteiger partial charge in [-0.05, 0) is 96.3 Å². The maximum atomic E-state index is 13.0. The molecule has 0 radical (unpaired) electrons. The van der Waals surface area contributed by atoms with E-state index in [2.05, 4.69) is 106 Å². The number of hydrogen-bond donors (Lipinski definition) is 0. The normalized spacial score (nSPS) is 12.6. The minimum atomic E-state index is -0.785. The summed E-state index contributed by atoms with van der Waals surface area (Å²) in [6.07, 6.45) is 88.7. The van der Waals surface area contributed by atoms with Crippen LogP contribution < -0.4 is 0 Å². The molecule has 1 atom stereocenters. The van der Waals surface area contributed by atoms with Crippen LogP contribution in [0, 0.1) is 0 Å². The van der Waals surface area contributed by atoms with Crippen LogP contribution in [0.15, 0.2) is 85.1 Å². The molecule has 79 heavy (non-hydrogen) atoms. The molecule has 1 unspecified atom stereocenters. The van der Waals surface area contributed by atoms with E-state index in [0.29, 0.717) is 19.3 Å². The Hall–Kier alpha value is -3.41. The predicted octanol–water partition coefficient (Wildman–Crippen LogP) is 23.4. The fraction of sp³-hybridized carbons (Fsp3) is 0.767. The number of carbonyl (C=O) groups is 3. The fourth-order valence-corrected chi connectivity index (χ4v) is 9.80. The van der Waals surface area contributed by atoms with E-state index in [0.717, 1.165) is 109 Å². The van der Waals surface area contributed by atoms with Gasteiger partial charge in [-0.1, -0.05) is 311 Å². The number of hydrogen-bond acceptors (Lipinski definition) is 6. The summed E-state index contributed by atoms with van der Waals surface area (Å²) < 4.78 is 17.0. The van der Waals surface area contributed by atoms with Crippen LogP contribution in [-0.2, 0) is 28.6 Å². The third-order valence-corrected chi connectivity index (χ3v) is 14.9. The standard InChI is InChI=1S/C73H128O6/c1-4-7-10-13-16-19-22-25-28-31-34-36-37-38-40-42-45-48-51-54-57-60-63-66-72(75)78-69-70(68-77-71(74)65-62-59-56-53-50-47-44-41-33-30-27-24-21-18-15-12-9-6-3)79-73(76)67-64-61-58-55-52-49-46-43-39-35-32-29-26-23-20-17-14-11-8-5-2/h7,10,16,19,21,24-25,28,30,33-34,36,38,40,70H,4-6,8-9,11-15,17-18,20,22-23,26-27,29,31-32,35,37,39,41-69H2,1-3H3/b10-7-,19-16-,24-21-,28-25-,33-30-,36-34-,40-38-. The molecule has 0 aromatic carbocycles. The van der Waals surface area contributed by atoms with Crippen molar-refractivity contribution in [1.29, 1.82) is 0 Å². The first-order valence-electron chi connectivity index (χ1n) is 34.1. The summed E-state index contributed by atoms with van der Waals surface area (Å²) >= 11 is 0. The van der Waals surface area contributed by atoms with Crippen LogP contribution in [0.3, 0.4) is 0 Å². The van der Waals surface area contributed by atoms with Crippen molar-refractivity contribution in [1.82, 2.24) is 0 Å². The third kappa shape index (κ3) is 65.3. The van der Waals surface area contributed by atoms with Crippen molar-refractivity contribution >= 4 is 17.9 Å². The molecular formula is C73H128O6. The zero-order chi connectivity index (χ0) is 57.1. The van der Waals surface area contributed by atoms with Crippen molar-refractivity contribution in [2.24, 2.45) is 0 Å². The summed E-state index contributed by atoms with van der Waals surface area (Å²) in [6.45, 7) is 6.55. The molecule has 0 aliphatic rings. The molecule has 0 fully saturated rings. The number of esters is 3. The quantitative estimate of drug-likeness (QED) is 0.0261. The van der Waals surface area contributed by atoms with Crippen LogP contribution in [0.5, 0.6) is 0 Å². The molecule has 0 aliphatic heterocycles. The van der Waals surface area contributed by atoms with Crippen molar-refractivity contribution in [2.75, 3.05) is 13.2 Å². The highest BCUT2D eigenvalue weighted by atomic mass is 16.6. The van der Waals surface area contributed by atoms with Crippen molar-refractivity contribution < 1.29 is 28.6 Å². The minimum Gasteiger partial charge on any atom is -0.462 e. The zero-order valence-corrected chi connectivity index (χ0v) is 52.4. The molecule has 0 bridgehead atoms. The van der Waals surface area contributed by atoms with Crippen LogP contribution in [-0.4, -0.2) is 37.2 Å². The molecule has 0 saturated carbocycles. The van der Waals surface area contributed by atoms with E-state index >= 15 is 0 Å². The highest BCUT2D eigenvalue weighted by Gasteiger charge is 2.19. The van der Waals surface area contributed by atoms with Crippen LogP contribution >= 0.6 is 0 Å². The van der Waals surface area contributed by atoms with Gasteiger partial charge in [-0.2, -0.15) is 0 Å². The first kappa shape index (κ1) is 75.6. The Morgan fingerprint density at radius 2 is 0.494 bits per heavy atom. The van der Waals surface area contributed by atoms with E-state index in [4.69, 9.17) is 14.2 Å². The molecule has 0 amide bonds. The van der Waals surface area contributed by atoms with Crippen molar-refractivity contribution in [3.63, 3.8) is 0 Å². The van der Waals surface area contributed by atoms with E-state index in [9.17, 15) is 14.4 Å². The Morgan fingerprint density at radius 1 is 0.266 bits per heavy atom. The van der Waals surface area contributed by atoms with Crippen LogP contribution in [0.1, 0.15) is 342 Å². The average molecular weight is 1100 g/mol. The van der Waals surface area contributed by atoms with Crippen molar-refractivity contribution in [3.05, 3.63) is 85.1 Å². The number of carbonyl (C=O) groups excluding carboxylic acids is 3. The van der Waals surface area contributed by atoms with Crippen molar-refractivity contribution in [2.45, 2.75) is 348 Å².